The maximum atomic E-state index is 11.8. The highest BCUT2D eigenvalue weighted by molar-refractivity contribution is 5.84. The zero-order chi connectivity index (χ0) is 19.7. The van der Waals surface area contributed by atoms with Crippen molar-refractivity contribution in [3.63, 3.8) is 0 Å². The minimum atomic E-state index is -1.05. The van der Waals surface area contributed by atoms with Crippen LogP contribution >= 0.6 is 0 Å². The Morgan fingerprint density at radius 3 is 2.75 bits per heavy atom. The Labute approximate surface area is 159 Å². The molecule has 0 unspecified atom stereocenters. The van der Waals surface area contributed by atoms with E-state index in [1.165, 1.54) is 12.3 Å². The van der Waals surface area contributed by atoms with Crippen LogP contribution in [-0.2, 0) is 13.2 Å². The van der Waals surface area contributed by atoms with Gasteiger partial charge in [-0.1, -0.05) is 17.3 Å². The third kappa shape index (κ3) is 3.50. The number of aromatic nitrogens is 4. The summed E-state index contributed by atoms with van der Waals surface area (Å²) in [5.74, 6) is 0.446. The lowest BCUT2D eigenvalue weighted by molar-refractivity contribution is 0.0173. The number of nitrogens with zero attached hydrogens (tertiary/aromatic N) is 3. The Bertz CT molecular complexity index is 1020. The number of pyridine rings is 1. The van der Waals surface area contributed by atoms with Gasteiger partial charge in [0.15, 0.2) is 0 Å². The fourth-order valence-electron chi connectivity index (χ4n) is 3.44. The SMILES string of the molecule is O=c1cc(OCc2cnnn2C[C@H]2N[C@H](CO)[C@@H](O)[C@@H]2O)c2ccccc2[nH]1. The summed E-state index contributed by atoms with van der Waals surface area (Å²) in [5, 5.41) is 41.0. The van der Waals surface area contributed by atoms with Crippen molar-refractivity contribution in [3.05, 3.63) is 52.6 Å². The molecule has 3 aromatic rings. The molecule has 4 atom stereocenters. The van der Waals surface area contributed by atoms with E-state index >= 15 is 0 Å². The van der Waals surface area contributed by atoms with Crippen molar-refractivity contribution in [3.8, 4) is 5.75 Å². The molecule has 1 fully saturated rings. The summed E-state index contributed by atoms with van der Waals surface area (Å²) in [7, 11) is 0. The molecule has 5 N–H and O–H groups in total. The Hall–Kier alpha value is -2.79. The molecule has 2 aromatic heterocycles. The summed E-state index contributed by atoms with van der Waals surface area (Å²) in [6, 6.07) is 7.64. The van der Waals surface area contributed by atoms with E-state index in [2.05, 4.69) is 20.6 Å². The van der Waals surface area contributed by atoms with Gasteiger partial charge in [0.05, 0.1) is 54.9 Å². The molecule has 10 nitrogen and oxygen atoms in total. The molecule has 3 heterocycles. The fourth-order valence-corrected chi connectivity index (χ4v) is 3.44. The monoisotopic (exact) mass is 387 g/mol. The van der Waals surface area contributed by atoms with Crippen molar-refractivity contribution in [2.45, 2.75) is 37.4 Å². The molecule has 10 heteroatoms. The second-order valence-electron chi connectivity index (χ2n) is 6.78. The number of ether oxygens (including phenoxy) is 1. The van der Waals surface area contributed by atoms with Gasteiger partial charge < -0.3 is 30.4 Å². The number of nitrogens with one attached hydrogen (secondary N) is 2. The first kappa shape index (κ1) is 18.6. The van der Waals surface area contributed by atoms with Crippen molar-refractivity contribution >= 4 is 10.9 Å². The summed E-state index contributed by atoms with van der Waals surface area (Å²) < 4.78 is 7.41. The molecule has 0 aliphatic carbocycles. The van der Waals surface area contributed by atoms with Crippen molar-refractivity contribution < 1.29 is 20.1 Å². The molecule has 0 spiro atoms. The van der Waals surface area contributed by atoms with E-state index in [-0.39, 0.29) is 25.3 Å². The van der Waals surface area contributed by atoms with Crippen LogP contribution in [-0.4, -0.2) is 66.2 Å². The molecular weight excluding hydrogens is 366 g/mol. The van der Waals surface area contributed by atoms with Crippen LogP contribution in [0.15, 0.2) is 41.3 Å². The minimum absolute atomic E-state index is 0.120. The van der Waals surface area contributed by atoms with E-state index in [9.17, 15) is 20.1 Å². The lowest BCUT2D eigenvalue weighted by Crippen LogP contribution is -2.38. The van der Waals surface area contributed by atoms with Gasteiger partial charge in [-0.25, -0.2) is 4.68 Å². The number of hydrogen-bond acceptors (Lipinski definition) is 8. The van der Waals surface area contributed by atoms with Gasteiger partial charge in [-0.2, -0.15) is 0 Å². The van der Waals surface area contributed by atoms with E-state index in [0.717, 1.165) is 5.39 Å². The Balaban J connectivity index is 1.50. The van der Waals surface area contributed by atoms with Gasteiger partial charge in [-0.3, -0.25) is 4.79 Å². The Morgan fingerprint density at radius 1 is 1.18 bits per heavy atom. The summed E-state index contributed by atoms with van der Waals surface area (Å²) in [6.07, 6.45) is -0.552. The standard InChI is InChI=1S/C18H21N5O5/c24-8-14-18(27)17(26)13(20-14)7-23-10(6-19-22-23)9-28-15-5-16(25)21-12-4-2-1-3-11(12)15/h1-6,13-14,17-18,20,24,26-27H,7-9H2,(H,21,25)/t13-,14-,17-,18-/m1/s1. The van der Waals surface area contributed by atoms with E-state index in [1.807, 2.05) is 18.2 Å². The molecule has 0 bridgehead atoms. The first-order chi connectivity index (χ1) is 13.6. The second-order valence-corrected chi connectivity index (χ2v) is 6.78. The van der Waals surface area contributed by atoms with Crippen LogP contribution in [0.25, 0.3) is 10.9 Å². The van der Waals surface area contributed by atoms with Crippen molar-refractivity contribution in [1.29, 1.82) is 0 Å². The topological polar surface area (TPSA) is 146 Å². The third-order valence-electron chi connectivity index (χ3n) is 4.95. The zero-order valence-electron chi connectivity index (χ0n) is 14.9. The number of H-pyrrole nitrogens is 1. The van der Waals surface area contributed by atoms with Crippen LogP contribution in [0.2, 0.25) is 0 Å². The largest absolute Gasteiger partial charge is 0.486 e. The van der Waals surface area contributed by atoms with Gasteiger partial charge in [0, 0.05) is 11.5 Å². The molecule has 0 radical (unpaired) electrons. The minimum Gasteiger partial charge on any atom is -0.486 e. The molecule has 28 heavy (non-hydrogen) atoms. The average Bonchev–Trinajstić information content (AvgIpc) is 3.25. The van der Waals surface area contributed by atoms with Gasteiger partial charge in [-0.15, -0.1) is 5.10 Å². The van der Waals surface area contributed by atoms with Gasteiger partial charge in [0.25, 0.3) is 5.56 Å². The average molecular weight is 387 g/mol. The molecule has 0 amide bonds. The molecule has 148 valence electrons. The second kappa shape index (κ2) is 7.68. The van der Waals surface area contributed by atoms with Crippen LogP contribution in [0, 0.1) is 0 Å². The van der Waals surface area contributed by atoms with Crippen molar-refractivity contribution in [2.75, 3.05) is 6.61 Å². The number of aliphatic hydroxyl groups excluding tert-OH is 3. The first-order valence-corrected chi connectivity index (χ1v) is 8.92. The first-order valence-electron chi connectivity index (χ1n) is 8.92. The number of hydrogen-bond donors (Lipinski definition) is 5. The number of rotatable bonds is 6. The number of aliphatic hydroxyl groups is 3. The molecule has 0 saturated carbocycles. The third-order valence-corrected chi connectivity index (χ3v) is 4.95. The molecule has 1 aliphatic rings. The van der Waals surface area contributed by atoms with Crippen LogP contribution in [0.3, 0.4) is 0 Å². The highest BCUT2D eigenvalue weighted by Gasteiger charge is 2.40. The summed E-state index contributed by atoms with van der Waals surface area (Å²) >= 11 is 0. The van der Waals surface area contributed by atoms with Crippen LogP contribution in [0.4, 0.5) is 0 Å². The van der Waals surface area contributed by atoms with Gasteiger partial charge in [0.1, 0.15) is 12.4 Å². The van der Waals surface area contributed by atoms with Crippen LogP contribution < -0.4 is 15.6 Å². The van der Waals surface area contributed by atoms with Crippen molar-refractivity contribution in [1.82, 2.24) is 25.3 Å². The summed E-state index contributed by atoms with van der Waals surface area (Å²) in [4.78, 5) is 14.6. The lowest BCUT2D eigenvalue weighted by Gasteiger charge is -2.17. The van der Waals surface area contributed by atoms with E-state index in [0.29, 0.717) is 17.0 Å². The lowest BCUT2D eigenvalue weighted by atomic mass is 10.1. The van der Waals surface area contributed by atoms with Crippen molar-refractivity contribution in [2.24, 2.45) is 0 Å². The van der Waals surface area contributed by atoms with E-state index < -0.39 is 24.3 Å². The number of para-hydroxylation sites is 1. The Kier molecular flexibility index (Phi) is 5.09. The maximum absolute atomic E-state index is 11.8. The van der Waals surface area contributed by atoms with E-state index in [4.69, 9.17) is 4.74 Å². The smallest absolute Gasteiger partial charge is 0.252 e. The molecular formula is C18H21N5O5. The molecule has 1 aliphatic heterocycles. The quantitative estimate of drug-likeness (QED) is 0.353. The summed E-state index contributed by atoms with van der Waals surface area (Å²) in [6.45, 7) is 0.0798. The normalized spacial score (nSPS) is 24.7. The highest BCUT2D eigenvalue weighted by atomic mass is 16.5. The van der Waals surface area contributed by atoms with Gasteiger partial charge in [-0.05, 0) is 12.1 Å². The number of aromatic amines is 1. The van der Waals surface area contributed by atoms with Gasteiger partial charge in [0.2, 0.25) is 0 Å². The molecule has 1 aromatic carbocycles. The molecule has 4 rings (SSSR count). The van der Waals surface area contributed by atoms with E-state index in [1.54, 1.807) is 10.7 Å². The maximum Gasteiger partial charge on any atom is 0.252 e. The highest BCUT2D eigenvalue weighted by Crippen LogP contribution is 2.23. The van der Waals surface area contributed by atoms with Crippen LogP contribution in [0.5, 0.6) is 5.75 Å². The predicted molar refractivity (Wildman–Crippen MR) is 98.7 cm³/mol. The van der Waals surface area contributed by atoms with Gasteiger partial charge >= 0.3 is 0 Å². The Morgan fingerprint density at radius 2 is 1.96 bits per heavy atom. The zero-order valence-corrected chi connectivity index (χ0v) is 14.9. The fraction of sp³-hybridized carbons (Fsp3) is 0.389. The number of benzene rings is 1. The number of fused-ring (bicyclic) bond motifs is 1. The molecule has 1 saturated heterocycles. The summed E-state index contributed by atoms with van der Waals surface area (Å²) in [5.41, 5.74) is 1.06. The predicted octanol–water partition coefficient (Wildman–Crippen LogP) is -1.25. The van der Waals surface area contributed by atoms with Crippen LogP contribution in [0.1, 0.15) is 5.69 Å².